The standard InChI is InChI=1S/C58H34O2/c1-2-14-35(15-3-1)55-42-17-4-6-19-44(42)57(45-20-7-5-18-43(45)55)38-27-30-41-50-32-36(28-31-52(50)60-54(41)34-38)56-46-21-8-10-23-48(46)58(49-24-11-9-22-47(49)56)37-26-29-40-39-16-12-13-25-51(39)59-53(40)33-37/h1-34H. The second kappa shape index (κ2) is 12.8. The molecule has 2 nitrogen and oxygen atoms in total. The molecule has 60 heavy (non-hydrogen) atoms. The molecule has 0 atom stereocenters. The molecule has 0 N–H and O–H groups in total. The summed E-state index contributed by atoms with van der Waals surface area (Å²) in [6, 6.07) is 74.5. The molecule has 0 aliphatic carbocycles. The van der Waals surface area contributed by atoms with E-state index < -0.39 is 0 Å². The highest BCUT2D eigenvalue weighted by Crippen LogP contribution is 2.47. The first-order valence-corrected chi connectivity index (χ1v) is 20.6. The fourth-order valence-electron chi connectivity index (χ4n) is 10.1. The summed E-state index contributed by atoms with van der Waals surface area (Å²) in [6.45, 7) is 0. The zero-order valence-corrected chi connectivity index (χ0v) is 32.4. The smallest absolute Gasteiger partial charge is 0.136 e. The van der Waals surface area contributed by atoms with Gasteiger partial charge in [-0.05, 0) is 130 Å². The van der Waals surface area contributed by atoms with Gasteiger partial charge in [0.05, 0.1) is 0 Å². The summed E-state index contributed by atoms with van der Waals surface area (Å²) in [7, 11) is 0. The molecule has 0 unspecified atom stereocenters. The van der Waals surface area contributed by atoms with E-state index >= 15 is 0 Å². The van der Waals surface area contributed by atoms with E-state index in [9.17, 15) is 0 Å². The zero-order chi connectivity index (χ0) is 39.3. The number of furan rings is 2. The van der Waals surface area contributed by atoms with Crippen molar-refractivity contribution in [2.45, 2.75) is 0 Å². The minimum Gasteiger partial charge on any atom is -0.456 e. The van der Waals surface area contributed by atoms with Crippen molar-refractivity contribution in [3.05, 3.63) is 206 Å². The molecule has 278 valence electrons. The monoisotopic (exact) mass is 762 g/mol. The minimum atomic E-state index is 0.879. The molecule has 11 aromatic carbocycles. The Labute approximate surface area is 345 Å². The Hall–Kier alpha value is -7.94. The molecular weight excluding hydrogens is 729 g/mol. The lowest BCUT2D eigenvalue weighted by atomic mass is 9.85. The SMILES string of the molecule is c1ccc(-c2c3ccccc3c(-c3ccc4c(c3)oc3ccc(-c5c6ccccc6c(-c6ccc7c(c6)oc6ccccc67)c6ccccc56)cc34)c3ccccc23)cc1. The van der Waals surface area contributed by atoms with Gasteiger partial charge in [0.1, 0.15) is 22.3 Å². The number of rotatable bonds is 4. The van der Waals surface area contributed by atoms with Crippen LogP contribution in [-0.4, -0.2) is 0 Å². The molecule has 2 heteroatoms. The zero-order valence-electron chi connectivity index (χ0n) is 32.4. The van der Waals surface area contributed by atoms with Gasteiger partial charge >= 0.3 is 0 Å². The van der Waals surface area contributed by atoms with Gasteiger partial charge in [0.15, 0.2) is 0 Å². The lowest BCUT2D eigenvalue weighted by molar-refractivity contribution is 0.668. The van der Waals surface area contributed by atoms with E-state index in [1.165, 1.54) is 70.9 Å². The third-order valence-electron chi connectivity index (χ3n) is 12.6. The summed E-state index contributed by atoms with van der Waals surface area (Å²) in [6.07, 6.45) is 0. The normalized spacial score (nSPS) is 12.0. The molecule has 0 bridgehead atoms. The fraction of sp³-hybridized carbons (Fsp3) is 0. The Morgan fingerprint density at radius 2 is 0.500 bits per heavy atom. The Morgan fingerprint density at radius 3 is 0.967 bits per heavy atom. The fourth-order valence-corrected chi connectivity index (χ4v) is 10.1. The molecule has 2 heterocycles. The Kier molecular flexibility index (Phi) is 7.05. The van der Waals surface area contributed by atoms with Crippen molar-refractivity contribution in [3.63, 3.8) is 0 Å². The quantitative estimate of drug-likeness (QED) is 0.167. The first kappa shape index (κ1) is 33.1. The van der Waals surface area contributed by atoms with Crippen LogP contribution in [0.3, 0.4) is 0 Å². The Balaban J connectivity index is 0.995. The summed E-state index contributed by atoms with van der Waals surface area (Å²) in [5.74, 6) is 0. The molecular formula is C58H34O2. The maximum atomic E-state index is 6.72. The van der Waals surface area contributed by atoms with Crippen molar-refractivity contribution in [1.29, 1.82) is 0 Å². The number of hydrogen-bond acceptors (Lipinski definition) is 2. The van der Waals surface area contributed by atoms with Crippen molar-refractivity contribution in [2.24, 2.45) is 0 Å². The molecule has 0 fully saturated rings. The van der Waals surface area contributed by atoms with Crippen molar-refractivity contribution < 1.29 is 8.83 Å². The third-order valence-corrected chi connectivity index (χ3v) is 12.6. The average molecular weight is 763 g/mol. The molecule has 2 aromatic heterocycles. The van der Waals surface area contributed by atoms with Gasteiger partial charge < -0.3 is 8.83 Å². The van der Waals surface area contributed by atoms with E-state index in [0.29, 0.717) is 0 Å². The topological polar surface area (TPSA) is 26.3 Å². The molecule has 0 aliphatic rings. The van der Waals surface area contributed by atoms with Crippen LogP contribution in [0.5, 0.6) is 0 Å². The van der Waals surface area contributed by atoms with Crippen LogP contribution in [0.4, 0.5) is 0 Å². The van der Waals surface area contributed by atoms with E-state index in [-0.39, 0.29) is 0 Å². The van der Waals surface area contributed by atoms with Gasteiger partial charge in [0.2, 0.25) is 0 Å². The highest BCUT2D eigenvalue weighted by molar-refractivity contribution is 6.24. The van der Waals surface area contributed by atoms with Crippen LogP contribution >= 0.6 is 0 Å². The van der Waals surface area contributed by atoms with Gasteiger partial charge in [-0.25, -0.2) is 0 Å². The van der Waals surface area contributed by atoms with Crippen LogP contribution in [0.2, 0.25) is 0 Å². The largest absolute Gasteiger partial charge is 0.456 e. The van der Waals surface area contributed by atoms with E-state index in [4.69, 9.17) is 8.83 Å². The van der Waals surface area contributed by atoms with E-state index in [2.05, 4.69) is 194 Å². The second-order valence-electron chi connectivity index (χ2n) is 15.9. The lowest BCUT2D eigenvalue weighted by Crippen LogP contribution is -1.91. The van der Waals surface area contributed by atoms with Gasteiger partial charge in [0.25, 0.3) is 0 Å². The number of para-hydroxylation sites is 1. The van der Waals surface area contributed by atoms with Crippen LogP contribution in [0.1, 0.15) is 0 Å². The lowest BCUT2D eigenvalue weighted by Gasteiger charge is -2.18. The Morgan fingerprint density at radius 1 is 0.183 bits per heavy atom. The predicted molar refractivity (Wildman–Crippen MR) is 253 cm³/mol. The molecule has 0 radical (unpaired) electrons. The number of benzene rings is 11. The molecule has 0 saturated heterocycles. The van der Waals surface area contributed by atoms with E-state index in [1.54, 1.807) is 0 Å². The maximum Gasteiger partial charge on any atom is 0.136 e. The summed E-state index contributed by atoms with van der Waals surface area (Å²) in [5.41, 5.74) is 13.2. The van der Waals surface area contributed by atoms with Crippen molar-refractivity contribution in [1.82, 2.24) is 0 Å². The molecule has 0 spiro atoms. The minimum absolute atomic E-state index is 0.879. The summed E-state index contributed by atoms with van der Waals surface area (Å²) in [5, 5.41) is 14.3. The van der Waals surface area contributed by atoms with Crippen molar-refractivity contribution >= 4 is 87.0 Å². The van der Waals surface area contributed by atoms with Gasteiger partial charge in [-0.3, -0.25) is 0 Å². The Bertz CT molecular complexity index is 3770. The number of fused-ring (bicyclic) bond motifs is 10. The van der Waals surface area contributed by atoms with Crippen LogP contribution in [0, 0.1) is 0 Å². The average Bonchev–Trinajstić information content (AvgIpc) is 3.87. The van der Waals surface area contributed by atoms with Crippen LogP contribution in [-0.2, 0) is 0 Å². The van der Waals surface area contributed by atoms with Crippen LogP contribution in [0.25, 0.3) is 131 Å². The molecule has 0 saturated carbocycles. The summed E-state index contributed by atoms with van der Waals surface area (Å²) >= 11 is 0. The highest BCUT2D eigenvalue weighted by atomic mass is 16.3. The molecule has 13 aromatic rings. The van der Waals surface area contributed by atoms with Gasteiger partial charge in [-0.2, -0.15) is 0 Å². The third kappa shape index (κ3) is 4.82. The molecule has 13 rings (SSSR count). The highest BCUT2D eigenvalue weighted by Gasteiger charge is 2.21. The van der Waals surface area contributed by atoms with Crippen LogP contribution in [0.15, 0.2) is 215 Å². The van der Waals surface area contributed by atoms with Gasteiger partial charge in [-0.1, -0.05) is 164 Å². The summed E-state index contributed by atoms with van der Waals surface area (Å²) in [4.78, 5) is 0. The van der Waals surface area contributed by atoms with Gasteiger partial charge in [0, 0.05) is 21.5 Å². The second-order valence-corrected chi connectivity index (χ2v) is 15.9. The maximum absolute atomic E-state index is 6.72. The van der Waals surface area contributed by atoms with Crippen molar-refractivity contribution in [2.75, 3.05) is 0 Å². The number of hydrogen-bond donors (Lipinski definition) is 0. The molecule has 0 amide bonds. The van der Waals surface area contributed by atoms with Crippen molar-refractivity contribution in [3.8, 4) is 44.5 Å². The van der Waals surface area contributed by atoms with Crippen LogP contribution < -0.4 is 0 Å². The van der Waals surface area contributed by atoms with E-state index in [0.717, 1.165) is 60.6 Å². The molecule has 0 aliphatic heterocycles. The first-order valence-electron chi connectivity index (χ1n) is 20.6. The predicted octanol–water partition coefficient (Wildman–Crippen LogP) is 16.8. The summed E-state index contributed by atoms with van der Waals surface area (Å²) < 4.78 is 13.1. The van der Waals surface area contributed by atoms with Gasteiger partial charge in [-0.15, -0.1) is 0 Å². The van der Waals surface area contributed by atoms with E-state index in [1.807, 2.05) is 12.1 Å². The first-order chi connectivity index (χ1) is 29.8.